The fourth-order valence-electron chi connectivity index (χ4n) is 3.92. The summed E-state index contributed by atoms with van der Waals surface area (Å²) in [6.07, 6.45) is 5.35. The van der Waals surface area contributed by atoms with Crippen molar-refractivity contribution in [2.24, 2.45) is 7.05 Å². The lowest BCUT2D eigenvalue weighted by Crippen LogP contribution is -2.38. The van der Waals surface area contributed by atoms with Gasteiger partial charge in [-0.05, 0) is 49.2 Å². The molecule has 7 nitrogen and oxygen atoms in total. The van der Waals surface area contributed by atoms with Crippen LogP contribution in [0.1, 0.15) is 35.0 Å². The summed E-state index contributed by atoms with van der Waals surface area (Å²) in [7, 11) is 1.96. The van der Waals surface area contributed by atoms with Crippen LogP contribution in [0.2, 0.25) is 0 Å². The zero-order valence-electron chi connectivity index (χ0n) is 16.2. The van der Waals surface area contributed by atoms with Gasteiger partial charge < -0.3 is 14.0 Å². The van der Waals surface area contributed by atoms with Crippen LogP contribution in [0.5, 0.6) is 0 Å². The minimum absolute atomic E-state index is 0.0595. The lowest BCUT2D eigenvalue weighted by Gasteiger charge is -2.30. The van der Waals surface area contributed by atoms with E-state index in [1.165, 1.54) is 0 Å². The van der Waals surface area contributed by atoms with Gasteiger partial charge in [0.25, 0.3) is 5.91 Å². The van der Waals surface area contributed by atoms with Gasteiger partial charge in [-0.2, -0.15) is 4.98 Å². The molecule has 1 aromatic carbocycles. The summed E-state index contributed by atoms with van der Waals surface area (Å²) >= 11 is 0. The molecular formula is C22H21N5O2. The van der Waals surface area contributed by atoms with Gasteiger partial charge in [-0.3, -0.25) is 9.78 Å². The van der Waals surface area contributed by atoms with Crippen molar-refractivity contribution in [1.82, 2.24) is 24.6 Å². The number of pyridine rings is 1. The predicted octanol–water partition coefficient (Wildman–Crippen LogP) is 3.64. The monoisotopic (exact) mass is 387 g/mol. The molecule has 5 rings (SSSR count). The van der Waals surface area contributed by atoms with E-state index in [1.807, 2.05) is 65.2 Å². The largest absolute Gasteiger partial charge is 0.348 e. The van der Waals surface area contributed by atoms with Crippen LogP contribution >= 0.6 is 0 Å². The predicted molar refractivity (Wildman–Crippen MR) is 108 cm³/mol. The highest BCUT2D eigenvalue weighted by Gasteiger charge is 2.28. The van der Waals surface area contributed by atoms with Gasteiger partial charge in [0.2, 0.25) is 11.7 Å². The summed E-state index contributed by atoms with van der Waals surface area (Å²) in [5.74, 6) is 1.51. The molecule has 1 saturated heterocycles. The number of rotatable bonds is 3. The van der Waals surface area contributed by atoms with Crippen LogP contribution in [-0.2, 0) is 7.05 Å². The first-order valence-corrected chi connectivity index (χ1v) is 9.78. The van der Waals surface area contributed by atoms with Gasteiger partial charge in [0, 0.05) is 49.4 Å². The Bertz CT molecular complexity index is 1170. The number of fused-ring (bicyclic) bond motifs is 1. The molecule has 0 bridgehead atoms. The Hall–Kier alpha value is -3.48. The molecule has 4 aromatic rings. The smallest absolute Gasteiger partial charge is 0.253 e. The highest BCUT2D eigenvalue weighted by Crippen LogP contribution is 2.29. The minimum atomic E-state index is 0.0595. The van der Waals surface area contributed by atoms with Crippen LogP contribution in [0.25, 0.3) is 22.4 Å². The van der Waals surface area contributed by atoms with E-state index in [1.54, 1.807) is 6.20 Å². The van der Waals surface area contributed by atoms with Gasteiger partial charge in [-0.1, -0.05) is 11.2 Å². The number of hydrogen-bond donors (Lipinski definition) is 0. The molecule has 1 aliphatic heterocycles. The Morgan fingerprint density at radius 3 is 2.79 bits per heavy atom. The normalized spacial score (nSPS) is 15.1. The number of carbonyl (C=O) groups is 1. The maximum absolute atomic E-state index is 12.9. The second-order valence-electron chi connectivity index (χ2n) is 7.44. The number of nitrogens with zero attached hydrogens (tertiary/aromatic N) is 5. The third kappa shape index (κ3) is 3.29. The van der Waals surface area contributed by atoms with Gasteiger partial charge in [-0.15, -0.1) is 0 Å². The van der Waals surface area contributed by atoms with Crippen molar-refractivity contribution in [2.45, 2.75) is 18.8 Å². The maximum atomic E-state index is 12.9. The Morgan fingerprint density at radius 1 is 1.14 bits per heavy atom. The second kappa shape index (κ2) is 7.16. The molecule has 0 aliphatic carbocycles. The minimum Gasteiger partial charge on any atom is -0.348 e. The van der Waals surface area contributed by atoms with Gasteiger partial charge >= 0.3 is 0 Å². The SMILES string of the molecule is Cn1cccc1-c1noc(C2CCN(C(=O)c3ccc4ncccc4c3)CC2)n1. The summed E-state index contributed by atoms with van der Waals surface area (Å²) in [6, 6.07) is 13.5. The van der Waals surface area contributed by atoms with E-state index < -0.39 is 0 Å². The fourth-order valence-corrected chi connectivity index (χ4v) is 3.92. The molecule has 1 amide bonds. The molecule has 0 N–H and O–H groups in total. The van der Waals surface area contributed by atoms with Crippen LogP contribution in [0.15, 0.2) is 59.4 Å². The Labute approximate surface area is 168 Å². The van der Waals surface area contributed by atoms with Crippen molar-refractivity contribution >= 4 is 16.8 Å². The van der Waals surface area contributed by atoms with Gasteiger partial charge in [0.05, 0.1) is 11.2 Å². The third-order valence-electron chi connectivity index (χ3n) is 5.60. The van der Waals surface area contributed by atoms with Crippen LogP contribution in [0.4, 0.5) is 0 Å². The molecule has 0 unspecified atom stereocenters. The number of aromatic nitrogens is 4. The summed E-state index contributed by atoms with van der Waals surface area (Å²) in [6.45, 7) is 1.35. The lowest BCUT2D eigenvalue weighted by molar-refractivity contribution is 0.0704. The van der Waals surface area contributed by atoms with Crippen molar-refractivity contribution in [2.75, 3.05) is 13.1 Å². The number of benzene rings is 1. The van der Waals surface area contributed by atoms with E-state index >= 15 is 0 Å². The number of likely N-dealkylation sites (tertiary alicyclic amines) is 1. The standard InChI is InChI=1S/C22H21N5O2/c1-26-11-3-5-19(26)20-24-21(29-25-20)15-8-12-27(13-9-15)22(28)17-6-7-18-16(14-17)4-2-10-23-18/h2-7,10-11,14-15H,8-9,12-13H2,1H3. The quantitative estimate of drug-likeness (QED) is 0.536. The molecule has 1 aliphatic rings. The van der Waals surface area contributed by atoms with E-state index in [9.17, 15) is 4.79 Å². The van der Waals surface area contributed by atoms with E-state index in [0.717, 1.165) is 29.4 Å². The molecule has 1 fully saturated rings. The first-order chi connectivity index (χ1) is 14.2. The molecule has 3 aromatic heterocycles. The van der Waals surface area contributed by atoms with Crippen molar-refractivity contribution < 1.29 is 9.32 Å². The number of carbonyl (C=O) groups excluding carboxylic acids is 1. The fraction of sp³-hybridized carbons (Fsp3) is 0.273. The highest BCUT2D eigenvalue weighted by atomic mass is 16.5. The second-order valence-corrected chi connectivity index (χ2v) is 7.44. The van der Waals surface area contributed by atoms with E-state index in [2.05, 4.69) is 15.1 Å². The van der Waals surface area contributed by atoms with E-state index in [-0.39, 0.29) is 11.8 Å². The first-order valence-electron chi connectivity index (χ1n) is 9.78. The number of hydrogen-bond acceptors (Lipinski definition) is 5. The van der Waals surface area contributed by atoms with Crippen LogP contribution in [0.3, 0.4) is 0 Å². The number of amides is 1. The first kappa shape index (κ1) is 17.6. The Morgan fingerprint density at radius 2 is 2.00 bits per heavy atom. The van der Waals surface area contributed by atoms with Crippen molar-refractivity contribution in [3.05, 3.63) is 66.3 Å². The highest BCUT2D eigenvalue weighted by molar-refractivity contribution is 5.98. The third-order valence-corrected chi connectivity index (χ3v) is 5.60. The summed E-state index contributed by atoms with van der Waals surface area (Å²) in [5.41, 5.74) is 2.53. The lowest BCUT2D eigenvalue weighted by atomic mass is 9.96. The zero-order chi connectivity index (χ0) is 19.8. The molecule has 0 radical (unpaired) electrons. The van der Waals surface area contributed by atoms with Crippen molar-refractivity contribution in [1.29, 1.82) is 0 Å². The molecule has 146 valence electrons. The van der Waals surface area contributed by atoms with E-state index in [4.69, 9.17) is 4.52 Å². The Balaban J connectivity index is 1.27. The van der Waals surface area contributed by atoms with Crippen LogP contribution < -0.4 is 0 Å². The number of piperidine rings is 1. The van der Waals surface area contributed by atoms with Crippen LogP contribution in [0, 0.1) is 0 Å². The van der Waals surface area contributed by atoms with E-state index in [0.29, 0.717) is 30.4 Å². The molecule has 0 saturated carbocycles. The number of aryl methyl sites for hydroxylation is 1. The average Bonchev–Trinajstić information content (AvgIpc) is 3.42. The summed E-state index contributed by atoms with van der Waals surface area (Å²) < 4.78 is 7.49. The summed E-state index contributed by atoms with van der Waals surface area (Å²) in [4.78, 5) is 23.7. The van der Waals surface area contributed by atoms with Crippen LogP contribution in [-0.4, -0.2) is 43.6 Å². The zero-order valence-corrected chi connectivity index (χ0v) is 16.2. The van der Waals surface area contributed by atoms with Crippen molar-refractivity contribution in [3.63, 3.8) is 0 Å². The maximum Gasteiger partial charge on any atom is 0.253 e. The van der Waals surface area contributed by atoms with Gasteiger partial charge in [-0.25, -0.2) is 0 Å². The molecular weight excluding hydrogens is 366 g/mol. The Kier molecular flexibility index (Phi) is 4.35. The molecule has 0 spiro atoms. The van der Waals surface area contributed by atoms with Crippen molar-refractivity contribution in [3.8, 4) is 11.5 Å². The molecule has 29 heavy (non-hydrogen) atoms. The average molecular weight is 387 g/mol. The van der Waals surface area contributed by atoms with Gasteiger partial charge in [0.1, 0.15) is 0 Å². The van der Waals surface area contributed by atoms with Gasteiger partial charge in [0.15, 0.2) is 0 Å². The molecule has 0 atom stereocenters. The molecule has 7 heteroatoms. The summed E-state index contributed by atoms with van der Waals surface area (Å²) in [5, 5.41) is 5.11. The topological polar surface area (TPSA) is 77.0 Å². The molecule has 4 heterocycles.